The molecule has 0 bridgehead atoms. The summed E-state index contributed by atoms with van der Waals surface area (Å²) in [4.78, 5) is 19.6. The molecule has 2 rings (SSSR count). The molecule has 0 aliphatic carbocycles. The Morgan fingerprint density at radius 1 is 1.27 bits per heavy atom. The number of thiophene rings is 1. The van der Waals surface area contributed by atoms with Crippen molar-refractivity contribution < 1.29 is 14.3 Å². The van der Waals surface area contributed by atoms with Crippen LogP contribution in [0.15, 0.2) is 30.5 Å². The molecule has 0 unspecified atom stereocenters. The number of hydrogen-bond acceptors (Lipinski definition) is 6. The number of carbonyl (C=O) groups is 1. The summed E-state index contributed by atoms with van der Waals surface area (Å²) in [6.45, 7) is 2.17. The third-order valence-electron chi connectivity index (χ3n) is 3.33. The largest absolute Gasteiger partial charge is 0.355 e. The van der Waals surface area contributed by atoms with Gasteiger partial charge in [-0.15, -0.1) is 11.3 Å². The fourth-order valence-electron chi connectivity index (χ4n) is 2.00. The number of Topliss-reactive ketones (excluding diaryl/α,β-unsaturated/α-hetero) is 1. The molecule has 0 aliphatic heterocycles. The minimum atomic E-state index is -0.290. The second-order valence-electron chi connectivity index (χ2n) is 4.91. The fourth-order valence-corrected chi connectivity index (χ4v) is 2.89. The summed E-state index contributed by atoms with van der Waals surface area (Å²) in [5, 5.41) is 0. The maximum atomic E-state index is 11.4. The Morgan fingerprint density at radius 3 is 2.50 bits per heavy atom. The van der Waals surface area contributed by atoms with E-state index in [2.05, 4.69) is 4.98 Å². The average Bonchev–Trinajstić information content (AvgIpc) is 3.02. The lowest BCUT2D eigenvalue weighted by molar-refractivity contribution is -0.0944. The van der Waals surface area contributed by atoms with Gasteiger partial charge in [0, 0.05) is 37.9 Å². The molecule has 0 saturated carbocycles. The van der Waals surface area contributed by atoms with E-state index >= 15 is 0 Å². The second kappa shape index (κ2) is 7.49. The lowest BCUT2D eigenvalue weighted by atomic mass is 10.2. The van der Waals surface area contributed by atoms with Crippen molar-refractivity contribution >= 4 is 22.9 Å². The fraction of sp³-hybridized carbons (Fsp3) is 0.375. The Morgan fingerprint density at radius 2 is 2.00 bits per heavy atom. The van der Waals surface area contributed by atoms with Gasteiger partial charge in [-0.05, 0) is 31.2 Å². The first kappa shape index (κ1) is 16.6. The van der Waals surface area contributed by atoms with Gasteiger partial charge < -0.3 is 14.4 Å². The molecule has 0 spiro atoms. The summed E-state index contributed by atoms with van der Waals surface area (Å²) in [6, 6.07) is 7.76. The van der Waals surface area contributed by atoms with Crippen molar-refractivity contribution in [1.29, 1.82) is 0 Å². The van der Waals surface area contributed by atoms with Gasteiger partial charge in [0.25, 0.3) is 0 Å². The summed E-state index contributed by atoms with van der Waals surface area (Å²) in [6.07, 6.45) is 1.53. The van der Waals surface area contributed by atoms with Crippen LogP contribution < -0.4 is 4.90 Å². The predicted molar refractivity (Wildman–Crippen MR) is 88.6 cm³/mol. The Bertz CT molecular complexity index is 621. The van der Waals surface area contributed by atoms with E-state index in [9.17, 15) is 4.79 Å². The second-order valence-corrected chi connectivity index (χ2v) is 5.99. The third-order valence-corrected chi connectivity index (χ3v) is 4.56. The highest BCUT2D eigenvalue weighted by Crippen LogP contribution is 2.28. The summed E-state index contributed by atoms with van der Waals surface area (Å²) >= 11 is 1.48. The van der Waals surface area contributed by atoms with Crippen LogP contribution in [0.25, 0.3) is 10.4 Å². The lowest BCUT2D eigenvalue weighted by Gasteiger charge is -2.23. The van der Waals surface area contributed by atoms with E-state index in [4.69, 9.17) is 9.47 Å². The maximum Gasteiger partial charge on any atom is 0.174 e. The molecule has 0 radical (unpaired) electrons. The molecular formula is C16H20N2O3S. The number of nitrogens with zero attached hydrogens (tertiary/aromatic N) is 2. The van der Waals surface area contributed by atoms with Crippen LogP contribution in [0.5, 0.6) is 0 Å². The van der Waals surface area contributed by atoms with E-state index < -0.39 is 0 Å². The maximum absolute atomic E-state index is 11.4. The summed E-state index contributed by atoms with van der Waals surface area (Å²) in [5.41, 5.74) is 1.00. The van der Waals surface area contributed by atoms with Crippen LogP contribution in [-0.4, -0.2) is 44.9 Å². The van der Waals surface area contributed by atoms with Crippen molar-refractivity contribution in [3.63, 3.8) is 0 Å². The molecule has 0 N–H and O–H groups in total. The van der Waals surface area contributed by atoms with Gasteiger partial charge >= 0.3 is 0 Å². The number of hydrogen-bond donors (Lipinski definition) is 0. The molecule has 6 heteroatoms. The molecule has 0 aromatic carbocycles. The number of ketones is 1. The van der Waals surface area contributed by atoms with Crippen LogP contribution in [0.1, 0.15) is 16.6 Å². The molecule has 2 heterocycles. The van der Waals surface area contributed by atoms with Crippen molar-refractivity contribution in [2.45, 2.75) is 13.2 Å². The first-order chi connectivity index (χ1) is 10.5. The van der Waals surface area contributed by atoms with Gasteiger partial charge in [0.05, 0.1) is 11.4 Å². The van der Waals surface area contributed by atoms with E-state index in [-0.39, 0.29) is 12.1 Å². The van der Waals surface area contributed by atoms with Crippen molar-refractivity contribution in [2.24, 2.45) is 0 Å². The molecular weight excluding hydrogens is 300 g/mol. The van der Waals surface area contributed by atoms with Gasteiger partial charge in [0.15, 0.2) is 12.1 Å². The highest BCUT2D eigenvalue weighted by Gasteiger charge is 2.12. The summed E-state index contributed by atoms with van der Waals surface area (Å²) in [5.74, 6) is 0.928. The Kier molecular flexibility index (Phi) is 5.65. The van der Waals surface area contributed by atoms with Crippen molar-refractivity contribution in [2.75, 3.05) is 32.7 Å². The highest BCUT2D eigenvalue weighted by molar-refractivity contribution is 7.17. The molecule has 5 nitrogen and oxygen atoms in total. The molecule has 0 aliphatic rings. The first-order valence-electron chi connectivity index (χ1n) is 6.89. The van der Waals surface area contributed by atoms with Crippen molar-refractivity contribution in [3.8, 4) is 10.4 Å². The number of likely N-dealkylation sites (N-methyl/N-ethyl adjacent to an activating group) is 1. The number of rotatable bonds is 7. The summed E-state index contributed by atoms with van der Waals surface area (Å²) in [7, 11) is 5.16. The minimum absolute atomic E-state index is 0.0886. The van der Waals surface area contributed by atoms with Crippen LogP contribution in [0, 0.1) is 0 Å². The van der Waals surface area contributed by atoms with E-state index in [1.807, 2.05) is 42.4 Å². The molecule has 0 amide bonds. The molecule has 22 heavy (non-hydrogen) atoms. The van der Waals surface area contributed by atoms with Crippen LogP contribution in [0.3, 0.4) is 0 Å². The van der Waals surface area contributed by atoms with E-state index in [1.54, 1.807) is 21.1 Å². The van der Waals surface area contributed by atoms with Crippen LogP contribution in [0.4, 0.5) is 5.82 Å². The van der Waals surface area contributed by atoms with Crippen molar-refractivity contribution in [3.05, 3.63) is 35.3 Å². The lowest BCUT2D eigenvalue weighted by Crippen LogP contribution is -2.32. The Hall–Kier alpha value is -1.76. The molecule has 2 aromatic rings. The normalized spacial score (nSPS) is 11.0. The molecule has 2 aromatic heterocycles. The van der Waals surface area contributed by atoms with Crippen LogP contribution in [-0.2, 0) is 9.47 Å². The van der Waals surface area contributed by atoms with Gasteiger partial charge in [0.1, 0.15) is 5.82 Å². The zero-order valence-corrected chi connectivity index (χ0v) is 14.0. The smallest absolute Gasteiger partial charge is 0.174 e. The number of ether oxygens (including phenoxy) is 2. The number of anilines is 1. The number of aromatic nitrogens is 1. The zero-order chi connectivity index (χ0) is 16.1. The van der Waals surface area contributed by atoms with E-state index in [1.165, 1.54) is 11.3 Å². The summed E-state index contributed by atoms with van der Waals surface area (Å²) < 4.78 is 10.4. The standard InChI is InChI=1S/C16H20N2O3S/c1-11(19)13-6-7-14(22-13)12-5-8-15(17-9-12)18(2)10-16(20-3)21-4/h5-9,16H,10H2,1-4H3. The Balaban J connectivity index is 2.10. The average molecular weight is 320 g/mol. The highest BCUT2D eigenvalue weighted by atomic mass is 32.1. The van der Waals surface area contributed by atoms with Gasteiger partial charge in [-0.2, -0.15) is 0 Å². The number of pyridine rings is 1. The molecule has 0 saturated heterocycles. The van der Waals surface area contributed by atoms with Crippen molar-refractivity contribution in [1.82, 2.24) is 4.98 Å². The first-order valence-corrected chi connectivity index (χ1v) is 7.70. The number of carbonyl (C=O) groups excluding carboxylic acids is 1. The monoisotopic (exact) mass is 320 g/mol. The van der Waals surface area contributed by atoms with Gasteiger partial charge in [0.2, 0.25) is 0 Å². The van der Waals surface area contributed by atoms with Gasteiger partial charge in [-0.1, -0.05) is 0 Å². The van der Waals surface area contributed by atoms with Gasteiger partial charge in [-0.25, -0.2) is 4.98 Å². The SMILES string of the molecule is COC(CN(C)c1ccc(-c2ccc(C(C)=O)s2)cn1)OC. The van der Waals surface area contributed by atoms with E-state index in [0.717, 1.165) is 21.1 Å². The quantitative estimate of drug-likeness (QED) is 0.580. The molecule has 0 atom stereocenters. The third kappa shape index (κ3) is 3.91. The molecule has 118 valence electrons. The minimum Gasteiger partial charge on any atom is -0.355 e. The zero-order valence-electron chi connectivity index (χ0n) is 13.2. The Labute approximate surface area is 134 Å². The number of methoxy groups -OCH3 is 2. The predicted octanol–water partition coefficient (Wildman–Crippen LogP) is 3.07. The van der Waals surface area contributed by atoms with E-state index in [0.29, 0.717) is 6.54 Å². The topological polar surface area (TPSA) is 51.7 Å². The molecule has 0 fully saturated rings. The van der Waals surface area contributed by atoms with Gasteiger partial charge in [-0.3, -0.25) is 4.79 Å². The van der Waals surface area contributed by atoms with Crippen LogP contribution in [0.2, 0.25) is 0 Å². The van der Waals surface area contributed by atoms with Crippen LogP contribution >= 0.6 is 11.3 Å².